The first-order chi connectivity index (χ1) is 18.8. The quantitative estimate of drug-likeness (QED) is 0.0976. The van der Waals surface area contributed by atoms with Gasteiger partial charge in [-0.1, -0.05) is 44.2 Å². The van der Waals surface area contributed by atoms with E-state index in [1.807, 2.05) is 6.07 Å². The Morgan fingerprint density at radius 2 is 1.52 bits per heavy atom. The standard InChI is InChI=1S/C26H41N3O10S/c1-14(2)21(29-26(38)39-13-16-7-5-4-6-8-16)25(37)28-17(22(34)15(3)40)9-10-20(33)27-11-18(31)23(35)24(36)19(32)12-30/h4-8,14-15,17-19,21,23-24,30-32,35-36,40H,9-13H2,1-3H3,(H,27,33)(H,28,37)(H,29,38)/t15?,17-,18-,19+,21-,23+,24+/m0/s1. The maximum absolute atomic E-state index is 13.0. The van der Waals surface area contributed by atoms with Gasteiger partial charge < -0.3 is 46.2 Å². The number of Topliss-reactive ketones (excluding diaryl/α,β-unsaturated/α-hetero) is 1. The van der Waals surface area contributed by atoms with Crippen molar-refractivity contribution < 1.29 is 49.4 Å². The number of benzene rings is 1. The van der Waals surface area contributed by atoms with Crippen LogP contribution in [-0.4, -0.2) is 104 Å². The molecule has 226 valence electrons. The zero-order chi connectivity index (χ0) is 30.4. The number of thiol groups is 1. The molecule has 7 atom stereocenters. The van der Waals surface area contributed by atoms with Crippen molar-refractivity contribution in [2.45, 2.75) is 82.0 Å². The zero-order valence-corrected chi connectivity index (χ0v) is 23.7. The number of hydrogen-bond donors (Lipinski definition) is 9. The van der Waals surface area contributed by atoms with Crippen molar-refractivity contribution >= 4 is 36.3 Å². The summed E-state index contributed by atoms with van der Waals surface area (Å²) >= 11 is 4.13. The molecule has 0 fully saturated rings. The lowest BCUT2D eigenvalue weighted by atomic mass is 10.00. The molecule has 1 aromatic carbocycles. The maximum atomic E-state index is 13.0. The second-order valence-electron chi connectivity index (χ2n) is 9.71. The predicted molar refractivity (Wildman–Crippen MR) is 147 cm³/mol. The summed E-state index contributed by atoms with van der Waals surface area (Å²) < 4.78 is 5.18. The van der Waals surface area contributed by atoms with Crippen LogP contribution in [0.5, 0.6) is 0 Å². The highest BCUT2D eigenvalue weighted by atomic mass is 32.1. The van der Waals surface area contributed by atoms with Crippen LogP contribution in [0.3, 0.4) is 0 Å². The molecule has 40 heavy (non-hydrogen) atoms. The molecular weight excluding hydrogens is 546 g/mol. The highest BCUT2D eigenvalue weighted by molar-refractivity contribution is 7.81. The number of ketones is 1. The van der Waals surface area contributed by atoms with Crippen LogP contribution < -0.4 is 16.0 Å². The molecule has 0 saturated heterocycles. The minimum atomic E-state index is -1.85. The third kappa shape index (κ3) is 12.2. The van der Waals surface area contributed by atoms with Crippen molar-refractivity contribution in [1.82, 2.24) is 16.0 Å². The zero-order valence-electron chi connectivity index (χ0n) is 22.8. The highest BCUT2D eigenvalue weighted by Gasteiger charge is 2.32. The number of ether oxygens (including phenoxy) is 1. The van der Waals surface area contributed by atoms with Gasteiger partial charge in [-0.15, -0.1) is 0 Å². The van der Waals surface area contributed by atoms with Crippen LogP contribution >= 0.6 is 12.6 Å². The molecule has 1 rings (SSSR count). The molecule has 1 unspecified atom stereocenters. The van der Waals surface area contributed by atoms with Gasteiger partial charge in [0.2, 0.25) is 11.8 Å². The van der Waals surface area contributed by atoms with E-state index < -0.39 is 78.6 Å². The second-order valence-corrected chi connectivity index (χ2v) is 10.5. The van der Waals surface area contributed by atoms with E-state index in [4.69, 9.17) is 9.84 Å². The van der Waals surface area contributed by atoms with Gasteiger partial charge >= 0.3 is 6.09 Å². The van der Waals surface area contributed by atoms with E-state index in [0.717, 1.165) is 5.56 Å². The number of alkyl carbamates (subject to hydrolysis) is 1. The molecule has 0 radical (unpaired) electrons. The number of aliphatic hydroxyl groups excluding tert-OH is 5. The van der Waals surface area contributed by atoms with Gasteiger partial charge in [-0.05, 0) is 24.8 Å². The third-order valence-electron chi connectivity index (χ3n) is 6.00. The summed E-state index contributed by atoms with van der Waals surface area (Å²) in [4.78, 5) is 50.4. The fourth-order valence-electron chi connectivity index (χ4n) is 3.53. The smallest absolute Gasteiger partial charge is 0.408 e. The average Bonchev–Trinajstić information content (AvgIpc) is 2.93. The monoisotopic (exact) mass is 587 g/mol. The first-order valence-corrected chi connectivity index (χ1v) is 13.4. The number of hydrogen-bond acceptors (Lipinski definition) is 11. The Balaban J connectivity index is 2.72. The molecular formula is C26H41N3O10S. The summed E-state index contributed by atoms with van der Waals surface area (Å²) in [6.07, 6.45) is -8.25. The van der Waals surface area contributed by atoms with Gasteiger partial charge in [0.1, 0.15) is 31.0 Å². The van der Waals surface area contributed by atoms with E-state index in [9.17, 15) is 39.6 Å². The molecule has 0 bridgehead atoms. The lowest BCUT2D eigenvalue weighted by Gasteiger charge is -2.26. The van der Waals surface area contributed by atoms with Crippen molar-refractivity contribution in [3.63, 3.8) is 0 Å². The van der Waals surface area contributed by atoms with Gasteiger partial charge in [0.25, 0.3) is 0 Å². The Hall–Kier alpha value is -2.75. The van der Waals surface area contributed by atoms with Gasteiger partial charge in [-0.25, -0.2) is 4.79 Å². The SMILES string of the molecule is CC(S)C(=O)[C@H](CCC(=O)NC[C@H](O)[C@@H](O)[C@H](O)[C@H](O)CO)NC(=O)[C@@H](NC(=O)OCc1ccccc1)C(C)C. The van der Waals surface area contributed by atoms with Crippen LogP contribution in [0.2, 0.25) is 0 Å². The molecule has 1 aromatic rings. The first-order valence-electron chi connectivity index (χ1n) is 12.9. The van der Waals surface area contributed by atoms with Crippen LogP contribution in [0, 0.1) is 5.92 Å². The first kappa shape index (κ1) is 35.3. The minimum absolute atomic E-state index is 0.000794. The number of carbonyl (C=O) groups excluding carboxylic acids is 4. The van der Waals surface area contributed by atoms with E-state index in [2.05, 4.69) is 28.6 Å². The van der Waals surface area contributed by atoms with Gasteiger partial charge in [-0.2, -0.15) is 12.6 Å². The molecule has 8 N–H and O–H groups in total. The van der Waals surface area contributed by atoms with Crippen LogP contribution in [0.15, 0.2) is 30.3 Å². The van der Waals surface area contributed by atoms with E-state index in [1.54, 1.807) is 38.1 Å². The molecule has 0 aromatic heterocycles. The van der Waals surface area contributed by atoms with Crippen molar-refractivity contribution in [3.05, 3.63) is 35.9 Å². The number of aliphatic hydroxyl groups is 5. The molecule has 0 aliphatic heterocycles. The molecule has 0 saturated carbocycles. The van der Waals surface area contributed by atoms with Crippen LogP contribution in [0.4, 0.5) is 4.79 Å². The van der Waals surface area contributed by atoms with Gasteiger partial charge in [-0.3, -0.25) is 14.4 Å². The predicted octanol–water partition coefficient (Wildman–Crippen LogP) is -1.36. The fourth-order valence-corrected chi connectivity index (χ4v) is 3.71. The minimum Gasteiger partial charge on any atom is -0.445 e. The summed E-state index contributed by atoms with van der Waals surface area (Å²) in [5.74, 6) is -2.13. The van der Waals surface area contributed by atoms with Gasteiger partial charge in [0.15, 0.2) is 5.78 Å². The molecule has 0 aliphatic carbocycles. The molecule has 13 nitrogen and oxygen atoms in total. The maximum Gasteiger partial charge on any atom is 0.408 e. The van der Waals surface area contributed by atoms with Gasteiger partial charge in [0.05, 0.1) is 24.0 Å². The Morgan fingerprint density at radius 3 is 2.08 bits per heavy atom. The largest absolute Gasteiger partial charge is 0.445 e. The number of carbonyl (C=O) groups is 4. The molecule has 0 aliphatic rings. The van der Waals surface area contributed by atoms with Crippen LogP contribution in [-0.2, 0) is 25.7 Å². The van der Waals surface area contributed by atoms with E-state index in [1.165, 1.54) is 6.92 Å². The Bertz CT molecular complexity index is 950. The van der Waals surface area contributed by atoms with Crippen molar-refractivity contribution in [3.8, 4) is 0 Å². The van der Waals surface area contributed by atoms with E-state index in [-0.39, 0.29) is 25.4 Å². The van der Waals surface area contributed by atoms with Crippen molar-refractivity contribution in [2.24, 2.45) is 5.92 Å². The Kier molecular flexibility index (Phi) is 15.7. The van der Waals surface area contributed by atoms with Crippen molar-refractivity contribution in [2.75, 3.05) is 13.2 Å². The Labute approximate surface area is 238 Å². The van der Waals surface area contributed by atoms with E-state index >= 15 is 0 Å². The third-order valence-corrected chi connectivity index (χ3v) is 6.26. The lowest BCUT2D eigenvalue weighted by molar-refractivity contribution is -0.130. The summed E-state index contributed by atoms with van der Waals surface area (Å²) in [6, 6.07) is 6.80. The fraction of sp³-hybridized carbons (Fsp3) is 0.615. The normalized spacial score (nSPS) is 16.6. The molecule has 14 heteroatoms. The van der Waals surface area contributed by atoms with Crippen LogP contribution in [0.25, 0.3) is 0 Å². The average molecular weight is 588 g/mol. The molecule has 0 heterocycles. The summed E-state index contributed by atoms with van der Waals surface area (Å²) in [6.45, 7) is 3.57. The summed E-state index contributed by atoms with van der Waals surface area (Å²) in [7, 11) is 0. The Morgan fingerprint density at radius 1 is 0.925 bits per heavy atom. The lowest BCUT2D eigenvalue weighted by Crippen LogP contribution is -2.54. The second kappa shape index (κ2) is 17.8. The van der Waals surface area contributed by atoms with Crippen molar-refractivity contribution in [1.29, 1.82) is 0 Å². The summed E-state index contributed by atoms with van der Waals surface area (Å²) in [5.41, 5.74) is 0.760. The number of rotatable bonds is 17. The molecule has 0 spiro atoms. The molecule has 3 amide bonds. The van der Waals surface area contributed by atoms with E-state index in [0.29, 0.717) is 0 Å². The number of nitrogens with one attached hydrogen (secondary N) is 3. The topological polar surface area (TPSA) is 215 Å². The van der Waals surface area contributed by atoms with Gasteiger partial charge in [0, 0.05) is 13.0 Å². The summed E-state index contributed by atoms with van der Waals surface area (Å²) in [5, 5.41) is 54.3. The number of amides is 3. The van der Waals surface area contributed by atoms with Crippen LogP contribution in [0.1, 0.15) is 39.2 Å². The highest BCUT2D eigenvalue weighted by Crippen LogP contribution is 2.10.